The maximum absolute atomic E-state index is 14.8. The Balaban J connectivity index is 1.15. The number of para-hydroxylation sites is 1. The van der Waals surface area contributed by atoms with Crippen molar-refractivity contribution in [2.45, 2.75) is 51.2 Å². The maximum Gasteiger partial charge on any atom is 0.335 e. The number of benzene rings is 3. The summed E-state index contributed by atoms with van der Waals surface area (Å²) in [6.07, 6.45) is 4.03. The first-order chi connectivity index (χ1) is 20.7. The van der Waals surface area contributed by atoms with Crippen LogP contribution in [0.3, 0.4) is 0 Å². The predicted octanol–water partition coefficient (Wildman–Crippen LogP) is 6.81. The molecule has 1 saturated heterocycles. The Morgan fingerprint density at radius 3 is 2.74 bits per heavy atom. The van der Waals surface area contributed by atoms with Gasteiger partial charge in [-0.1, -0.05) is 29.8 Å². The number of halogens is 2. The van der Waals surface area contributed by atoms with Gasteiger partial charge >= 0.3 is 5.97 Å². The molecule has 1 aromatic heterocycles. The molecular weight excluding hydrogens is 573 g/mol. The number of fused-ring (bicyclic) bond motifs is 2. The molecule has 3 aliphatic rings. The van der Waals surface area contributed by atoms with E-state index in [1.54, 1.807) is 37.3 Å². The van der Waals surface area contributed by atoms with Crippen LogP contribution in [-0.2, 0) is 17.1 Å². The van der Waals surface area contributed by atoms with Crippen molar-refractivity contribution in [2.24, 2.45) is 0 Å². The summed E-state index contributed by atoms with van der Waals surface area (Å²) in [4.78, 5) is 19.0. The number of carboxylic acid groups (broad SMARTS) is 1. The smallest absolute Gasteiger partial charge is 0.335 e. The number of hydrogen-bond acceptors (Lipinski definition) is 6. The minimum Gasteiger partial charge on any atom is -0.478 e. The third-order valence-corrected chi connectivity index (χ3v) is 8.95. The summed E-state index contributed by atoms with van der Waals surface area (Å²) in [6.45, 7) is 6.70. The molecule has 10 heteroatoms. The lowest BCUT2D eigenvalue weighted by Gasteiger charge is -2.33. The molecule has 0 saturated carbocycles. The van der Waals surface area contributed by atoms with Gasteiger partial charge in [-0.15, -0.1) is 0 Å². The highest BCUT2D eigenvalue weighted by atomic mass is 35.5. The summed E-state index contributed by atoms with van der Waals surface area (Å²) in [6, 6.07) is 15.3. The van der Waals surface area contributed by atoms with Crippen LogP contribution < -0.4 is 9.47 Å². The van der Waals surface area contributed by atoms with E-state index in [-0.39, 0.29) is 23.3 Å². The van der Waals surface area contributed by atoms with Gasteiger partial charge in [0.1, 0.15) is 11.6 Å². The second-order valence-electron chi connectivity index (χ2n) is 11.4. The molecule has 0 radical (unpaired) electrons. The normalized spacial score (nSPS) is 22.3. The van der Waals surface area contributed by atoms with Crippen molar-refractivity contribution in [2.75, 3.05) is 19.7 Å². The van der Waals surface area contributed by atoms with Gasteiger partial charge in [0.05, 0.1) is 40.9 Å². The van der Waals surface area contributed by atoms with Crippen LogP contribution in [0.1, 0.15) is 60.0 Å². The number of ether oxygens (including phenoxy) is 3. The Morgan fingerprint density at radius 1 is 1.21 bits per heavy atom. The molecule has 222 valence electrons. The molecule has 0 aliphatic carbocycles. The lowest BCUT2D eigenvalue weighted by atomic mass is 9.97. The van der Waals surface area contributed by atoms with Crippen molar-refractivity contribution >= 4 is 34.2 Å². The standard InChI is InChI=1S/C33H31ClFN3O5/c1-19(31-36-27-9-6-21(32(39)40)16-28(27)38(31)18-23-12-15-41-23)37-13-10-20(11-14-37)24-4-3-5-29-30(24)43-33(2,42-29)25-8-7-22(34)17-26(25)35/h3-10,16-17,19,23H,11-15,18H2,1-2H3,(H,39,40)/t19?,23-,33-/m0/s1. The fourth-order valence-corrected chi connectivity index (χ4v) is 6.37. The number of rotatable bonds is 7. The average molecular weight is 604 g/mol. The molecule has 4 heterocycles. The quantitative estimate of drug-likeness (QED) is 0.248. The fourth-order valence-electron chi connectivity index (χ4n) is 6.21. The molecule has 4 aromatic rings. The molecule has 3 atom stereocenters. The van der Waals surface area contributed by atoms with Gasteiger partial charge in [0.15, 0.2) is 11.5 Å². The molecule has 3 aliphatic heterocycles. The van der Waals surface area contributed by atoms with E-state index in [1.165, 1.54) is 6.07 Å². The first kappa shape index (κ1) is 27.9. The van der Waals surface area contributed by atoms with Crippen LogP contribution >= 0.6 is 11.6 Å². The van der Waals surface area contributed by atoms with Crippen LogP contribution in [0.4, 0.5) is 4.39 Å². The first-order valence-electron chi connectivity index (χ1n) is 14.5. The van der Waals surface area contributed by atoms with Crippen LogP contribution in [0, 0.1) is 5.82 Å². The van der Waals surface area contributed by atoms with Gasteiger partial charge in [-0.05, 0) is 67.8 Å². The molecule has 1 unspecified atom stereocenters. The SMILES string of the molecule is CC(c1nc2ccc(C(=O)O)cc2n1C[C@@H]1CCO1)N1CC=C(c2cccc3c2O[C@@](C)(c2ccc(Cl)cc2F)O3)CC1. The molecule has 3 aromatic carbocycles. The molecular formula is C33H31ClFN3O5. The summed E-state index contributed by atoms with van der Waals surface area (Å²) in [7, 11) is 0. The Kier molecular flexibility index (Phi) is 6.91. The van der Waals surface area contributed by atoms with Gasteiger partial charge in [0.25, 0.3) is 5.79 Å². The van der Waals surface area contributed by atoms with E-state index in [0.717, 1.165) is 54.0 Å². The highest BCUT2D eigenvalue weighted by Gasteiger charge is 2.42. The van der Waals surface area contributed by atoms with E-state index in [0.29, 0.717) is 29.6 Å². The molecule has 1 N–H and O–H groups in total. The van der Waals surface area contributed by atoms with Gasteiger partial charge < -0.3 is 23.9 Å². The summed E-state index contributed by atoms with van der Waals surface area (Å²) in [5.74, 6) is -0.699. The number of aromatic carboxylic acids is 1. The van der Waals surface area contributed by atoms with Gasteiger partial charge in [0.2, 0.25) is 0 Å². The molecule has 8 nitrogen and oxygen atoms in total. The summed E-state index contributed by atoms with van der Waals surface area (Å²) >= 11 is 5.97. The highest BCUT2D eigenvalue weighted by molar-refractivity contribution is 6.30. The van der Waals surface area contributed by atoms with Gasteiger partial charge in [-0.2, -0.15) is 0 Å². The van der Waals surface area contributed by atoms with Crippen molar-refractivity contribution in [1.82, 2.24) is 14.5 Å². The van der Waals surface area contributed by atoms with Crippen LogP contribution in [0.5, 0.6) is 11.5 Å². The van der Waals surface area contributed by atoms with Crippen LogP contribution in [0.15, 0.2) is 60.7 Å². The number of imidazole rings is 1. The molecule has 7 rings (SSSR count). The molecule has 1 fully saturated rings. The van der Waals surface area contributed by atoms with E-state index in [2.05, 4.69) is 22.5 Å². The maximum atomic E-state index is 14.8. The summed E-state index contributed by atoms with van der Waals surface area (Å²) < 4.78 is 35.2. The van der Waals surface area contributed by atoms with Crippen molar-refractivity contribution in [1.29, 1.82) is 0 Å². The number of carbonyl (C=O) groups is 1. The van der Waals surface area contributed by atoms with Crippen molar-refractivity contribution in [3.63, 3.8) is 0 Å². The molecule has 43 heavy (non-hydrogen) atoms. The van der Waals surface area contributed by atoms with E-state index >= 15 is 0 Å². The number of aromatic nitrogens is 2. The highest BCUT2D eigenvalue weighted by Crippen LogP contribution is 2.49. The second-order valence-corrected chi connectivity index (χ2v) is 11.9. The number of carboxylic acids is 1. The molecule has 0 spiro atoms. The summed E-state index contributed by atoms with van der Waals surface area (Å²) in [5, 5.41) is 9.88. The first-order valence-corrected chi connectivity index (χ1v) is 14.8. The number of nitrogens with zero attached hydrogens (tertiary/aromatic N) is 3. The van der Waals surface area contributed by atoms with E-state index in [1.807, 2.05) is 18.2 Å². The largest absolute Gasteiger partial charge is 0.478 e. The van der Waals surface area contributed by atoms with Crippen LogP contribution in [0.2, 0.25) is 5.02 Å². The van der Waals surface area contributed by atoms with Gasteiger partial charge in [0, 0.05) is 37.2 Å². The minimum absolute atomic E-state index is 0.0178. The van der Waals surface area contributed by atoms with Crippen LogP contribution in [-0.4, -0.2) is 51.3 Å². The monoisotopic (exact) mass is 603 g/mol. The second kappa shape index (κ2) is 10.7. The topological polar surface area (TPSA) is 86.0 Å². The van der Waals surface area contributed by atoms with Gasteiger partial charge in [-0.25, -0.2) is 14.2 Å². The van der Waals surface area contributed by atoms with Crippen molar-refractivity contribution in [3.05, 3.63) is 94.0 Å². The lowest BCUT2D eigenvalue weighted by molar-refractivity contribution is -0.0708. The van der Waals surface area contributed by atoms with Gasteiger partial charge in [-0.3, -0.25) is 4.90 Å². The predicted molar refractivity (Wildman–Crippen MR) is 160 cm³/mol. The van der Waals surface area contributed by atoms with E-state index in [4.69, 9.17) is 30.8 Å². The zero-order valence-corrected chi connectivity index (χ0v) is 24.6. The van der Waals surface area contributed by atoms with Crippen LogP contribution in [0.25, 0.3) is 16.6 Å². The Morgan fingerprint density at radius 2 is 2.05 bits per heavy atom. The third kappa shape index (κ3) is 4.95. The molecule has 0 amide bonds. The Bertz CT molecular complexity index is 1780. The Hall–Kier alpha value is -3.92. The fraction of sp³-hybridized carbons (Fsp3) is 0.333. The molecule has 0 bridgehead atoms. The average Bonchev–Trinajstić information content (AvgIpc) is 3.51. The van der Waals surface area contributed by atoms with E-state index < -0.39 is 17.6 Å². The van der Waals surface area contributed by atoms with Crippen molar-refractivity contribution in [3.8, 4) is 11.5 Å². The minimum atomic E-state index is -1.31. The zero-order chi connectivity index (χ0) is 29.9. The zero-order valence-electron chi connectivity index (χ0n) is 23.8. The van der Waals surface area contributed by atoms with Crippen molar-refractivity contribution < 1.29 is 28.5 Å². The number of hydrogen-bond donors (Lipinski definition) is 1. The summed E-state index contributed by atoms with van der Waals surface area (Å²) in [5.41, 5.74) is 4.16. The lowest BCUT2D eigenvalue weighted by Crippen LogP contribution is -2.35. The Labute approximate surface area is 253 Å². The third-order valence-electron chi connectivity index (χ3n) is 8.71. The van der Waals surface area contributed by atoms with E-state index in [9.17, 15) is 14.3 Å².